The average Bonchev–Trinajstić information content (AvgIpc) is 2.91. The van der Waals surface area contributed by atoms with Crippen LogP contribution < -0.4 is 9.47 Å². The minimum absolute atomic E-state index is 0.154. The molecule has 0 aromatic heterocycles. The fourth-order valence-corrected chi connectivity index (χ4v) is 11.8. The molecule has 4 nitrogen and oxygen atoms in total. The van der Waals surface area contributed by atoms with E-state index in [9.17, 15) is 10.2 Å². The monoisotopic (exact) mass is 562 g/mol. The second-order valence-electron chi connectivity index (χ2n) is 15.4. The van der Waals surface area contributed by atoms with Crippen LogP contribution in [0.25, 0.3) is 0 Å². The maximum atomic E-state index is 10.3. The molecule has 0 amide bonds. The van der Waals surface area contributed by atoms with Crippen molar-refractivity contribution in [3.8, 4) is 34.5 Å². The molecule has 8 aliphatic rings. The molecule has 11 rings (SSSR count). The van der Waals surface area contributed by atoms with Gasteiger partial charge in [-0.2, -0.15) is 0 Å². The Labute approximate surface area is 249 Å². The smallest absolute Gasteiger partial charge is 0.134 e. The Morgan fingerprint density at radius 3 is 1.17 bits per heavy atom. The number of phenolic OH excluding ortho intramolecular Hbond substituents is 2. The van der Waals surface area contributed by atoms with Gasteiger partial charge < -0.3 is 19.7 Å². The zero-order valence-electron chi connectivity index (χ0n) is 24.4. The van der Waals surface area contributed by atoms with Crippen LogP contribution in [0.2, 0.25) is 0 Å². The fourth-order valence-electron chi connectivity index (χ4n) is 11.8. The van der Waals surface area contributed by atoms with Gasteiger partial charge in [-0.1, -0.05) is 12.1 Å². The Morgan fingerprint density at radius 1 is 0.476 bits per heavy atom. The molecule has 8 aliphatic carbocycles. The highest BCUT2D eigenvalue weighted by atomic mass is 16.5. The van der Waals surface area contributed by atoms with E-state index in [2.05, 4.69) is 12.1 Å². The van der Waals surface area contributed by atoms with E-state index < -0.39 is 0 Å². The second-order valence-corrected chi connectivity index (χ2v) is 15.4. The molecule has 3 aromatic rings. The van der Waals surface area contributed by atoms with Crippen LogP contribution >= 0.6 is 0 Å². The van der Waals surface area contributed by atoms with Crippen LogP contribution in [0.5, 0.6) is 34.5 Å². The maximum absolute atomic E-state index is 10.3. The highest BCUT2D eigenvalue weighted by molar-refractivity contribution is 5.56. The summed E-state index contributed by atoms with van der Waals surface area (Å²) in [6, 6.07) is 19.1. The zero-order valence-corrected chi connectivity index (χ0v) is 24.4. The fraction of sp³-hybridized carbons (Fsp3) is 0.526. The Morgan fingerprint density at radius 2 is 0.833 bits per heavy atom. The van der Waals surface area contributed by atoms with E-state index in [1.807, 2.05) is 24.3 Å². The Hall–Kier alpha value is -3.14. The Kier molecular flexibility index (Phi) is 5.54. The van der Waals surface area contributed by atoms with Crippen LogP contribution in [0.1, 0.15) is 88.2 Å². The van der Waals surface area contributed by atoms with Crippen LogP contribution in [0.3, 0.4) is 0 Å². The average molecular weight is 563 g/mol. The van der Waals surface area contributed by atoms with Crippen molar-refractivity contribution in [1.29, 1.82) is 0 Å². The van der Waals surface area contributed by atoms with E-state index in [-0.39, 0.29) is 22.3 Å². The quantitative estimate of drug-likeness (QED) is 0.314. The topological polar surface area (TPSA) is 58.9 Å². The van der Waals surface area contributed by atoms with Gasteiger partial charge in [0.1, 0.15) is 34.5 Å². The standard InChI is InChI=1S/C38H42O4/c39-29-3-1-5-31(13-29)41-35-16-36(42-32-6-2-4-30(40)14-32)34(38-20-26-10-27(21-38)12-28(11-26)22-38)15-33(35)37-17-23-7-24(18-37)9-25(8-23)19-37/h1-6,13-16,23-28,39-40H,7-12,17-22H2. The van der Waals surface area contributed by atoms with Gasteiger partial charge in [-0.15, -0.1) is 0 Å². The summed E-state index contributed by atoms with van der Waals surface area (Å²) in [5.74, 6) is 8.48. The first-order valence-corrected chi connectivity index (χ1v) is 16.5. The number of phenols is 2. The Balaban J connectivity index is 1.23. The third-order valence-electron chi connectivity index (χ3n) is 12.4. The normalized spacial score (nSPS) is 37.2. The molecule has 0 heterocycles. The molecular weight excluding hydrogens is 520 g/mol. The molecule has 0 atom stereocenters. The lowest BCUT2D eigenvalue weighted by atomic mass is 9.46. The lowest BCUT2D eigenvalue weighted by Gasteiger charge is -2.58. The molecule has 8 bridgehead atoms. The first kappa shape index (κ1) is 25.4. The second kappa shape index (κ2) is 9.18. The van der Waals surface area contributed by atoms with Crippen LogP contribution in [0.15, 0.2) is 60.7 Å². The van der Waals surface area contributed by atoms with Crippen molar-refractivity contribution in [1.82, 2.24) is 0 Å². The van der Waals surface area contributed by atoms with Crippen molar-refractivity contribution < 1.29 is 19.7 Å². The minimum Gasteiger partial charge on any atom is -0.508 e. The number of benzene rings is 3. The van der Waals surface area contributed by atoms with E-state index in [0.29, 0.717) is 11.5 Å². The molecule has 0 spiro atoms. The van der Waals surface area contributed by atoms with Gasteiger partial charge in [-0.3, -0.25) is 0 Å². The van der Waals surface area contributed by atoms with Crippen LogP contribution in [0, 0.1) is 35.5 Å². The van der Waals surface area contributed by atoms with Gasteiger partial charge in [0.15, 0.2) is 0 Å². The molecular formula is C38H42O4. The number of aromatic hydroxyl groups is 2. The Bertz CT molecular complexity index is 1360. The van der Waals surface area contributed by atoms with Crippen molar-refractivity contribution in [3.63, 3.8) is 0 Å². The van der Waals surface area contributed by atoms with Crippen LogP contribution in [-0.4, -0.2) is 10.2 Å². The van der Waals surface area contributed by atoms with Gasteiger partial charge in [-0.05, 0) is 154 Å². The molecule has 0 saturated heterocycles. The summed E-state index contributed by atoms with van der Waals surface area (Å²) in [7, 11) is 0. The van der Waals surface area contributed by atoms with Crippen molar-refractivity contribution in [2.75, 3.05) is 0 Å². The van der Waals surface area contributed by atoms with Crippen molar-refractivity contribution in [2.24, 2.45) is 35.5 Å². The maximum Gasteiger partial charge on any atom is 0.134 e. The first-order chi connectivity index (χ1) is 20.4. The summed E-state index contributed by atoms with van der Waals surface area (Å²) in [5.41, 5.74) is 3.08. The summed E-state index contributed by atoms with van der Waals surface area (Å²) in [5, 5.41) is 20.6. The highest BCUT2D eigenvalue weighted by Crippen LogP contribution is 2.66. The van der Waals surface area contributed by atoms with E-state index in [0.717, 1.165) is 47.0 Å². The molecule has 42 heavy (non-hydrogen) atoms. The van der Waals surface area contributed by atoms with E-state index in [4.69, 9.17) is 9.47 Å². The van der Waals surface area contributed by atoms with Gasteiger partial charge in [0.05, 0.1) is 0 Å². The molecule has 218 valence electrons. The third-order valence-corrected chi connectivity index (χ3v) is 12.4. The molecule has 8 fully saturated rings. The van der Waals surface area contributed by atoms with Gasteiger partial charge in [-0.25, -0.2) is 0 Å². The molecule has 2 N–H and O–H groups in total. The van der Waals surface area contributed by atoms with Crippen LogP contribution in [-0.2, 0) is 10.8 Å². The molecule has 0 unspecified atom stereocenters. The zero-order chi connectivity index (χ0) is 28.1. The predicted octanol–water partition coefficient (Wildman–Crippen LogP) is 9.62. The summed E-state index contributed by atoms with van der Waals surface area (Å²) < 4.78 is 13.5. The van der Waals surface area contributed by atoms with E-state index in [1.165, 1.54) is 88.2 Å². The van der Waals surface area contributed by atoms with Crippen molar-refractivity contribution in [2.45, 2.75) is 87.9 Å². The third kappa shape index (κ3) is 4.15. The van der Waals surface area contributed by atoms with Gasteiger partial charge in [0.25, 0.3) is 0 Å². The van der Waals surface area contributed by atoms with Gasteiger partial charge in [0.2, 0.25) is 0 Å². The highest BCUT2D eigenvalue weighted by Gasteiger charge is 2.55. The van der Waals surface area contributed by atoms with E-state index >= 15 is 0 Å². The van der Waals surface area contributed by atoms with Crippen LogP contribution in [0.4, 0.5) is 0 Å². The largest absolute Gasteiger partial charge is 0.508 e. The van der Waals surface area contributed by atoms with E-state index in [1.54, 1.807) is 24.3 Å². The summed E-state index contributed by atoms with van der Waals surface area (Å²) in [6.45, 7) is 0. The van der Waals surface area contributed by atoms with Gasteiger partial charge >= 0.3 is 0 Å². The summed E-state index contributed by atoms with van der Waals surface area (Å²) in [4.78, 5) is 0. The lowest BCUT2D eigenvalue weighted by Crippen LogP contribution is -2.50. The number of rotatable bonds is 6. The molecule has 3 aromatic carbocycles. The van der Waals surface area contributed by atoms with Crippen molar-refractivity contribution >= 4 is 0 Å². The van der Waals surface area contributed by atoms with Gasteiger partial charge in [0, 0.05) is 29.3 Å². The molecule has 0 radical (unpaired) electrons. The SMILES string of the molecule is Oc1cccc(Oc2cc(Oc3cccc(O)c3)c(C34CC5CC(CC(C5)C3)C4)cc2C23CC4CC(CC(C4)C2)C3)c1. The molecule has 0 aliphatic heterocycles. The summed E-state index contributed by atoms with van der Waals surface area (Å²) >= 11 is 0. The first-order valence-electron chi connectivity index (χ1n) is 16.5. The molecule has 4 heteroatoms. The lowest BCUT2D eigenvalue weighted by molar-refractivity contribution is -0.00937. The number of hydrogen-bond donors (Lipinski definition) is 2. The minimum atomic E-state index is 0.154. The van der Waals surface area contributed by atoms with Crippen molar-refractivity contribution in [3.05, 3.63) is 71.8 Å². The predicted molar refractivity (Wildman–Crippen MR) is 163 cm³/mol. The summed E-state index contributed by atoms with van der Waals surface area (Å²) in [6.07, 6.45) is 16.0. The number of ether oxygens (including phenoxy) is 2. The number of hydrogen-bond acceptors (Lipinski definition) is 4. The molecule has 8 saturated carbocycles.